The average Bonchev–Trinajstić information content (AvgIpc) is 1.79. The van der Waals surface area contributed by atoms with E-state index in [0.717, 1.165) is 5.71 Å². The molecule has 2 nitrogen and oxygen atoms in total. The maximum atomic E-state index is 4.02. The lowest BCUT2D eigenvalue weighted by Crippen LogP contribution is -1.95. The number of hydrogen-bond donors (Lipinski definition) is 0. The molecule has 0 radical (unpaired) electrons. The first-order valence-corrected chi connectivity index (χ1v) is 2.82. The van der Waals surface area contributed by atoms with E-state index in [4.69, 9.17) is 0 Å². The van der Waals surface area contributed by atoms with Crippen molar-refractivity contribution in [3.63, 3.8) is 0 Å². The molecule has 0 saturated heterocycles. The minimum atomic E-state index is 0.703. The largest absolute Gasteiger partial charge is 0.287 e. The van der Waals surface area contributed by atoms with Crippen LogP contribution in [-0.4, -0.2) is 18.5 Å². The highest BCUT2D eigenvalue weighted by Crippen LogP contribution is 1.83. The summed E-state index contributed by atoms with van der Waals surface area (Å²) in [5.41, 5.74) is 3.85. The molecule has 1 heterocycles. The quantitative estimate of drug-likeness (QED) is 0.429. The second kappa shape index (κ2) is 3.00. The molecule has 2 heteroatoms. The van der Waals surface area contributed by atoms with E-state index in [1.807, 2.05) is 6.92 Å². The third-order valence-electron chi connectivity index (χ3n) is 0.956. The van der Waals surface area contributed by atoms with Crippen LogP contribution in [0.15, 0.2) is 28.0 Å². The predicted molar refractivity (Wildman–Crippen MR) is 39.1 cm³/mol. The van der Waals surface area contributed by atoms with E-state index in [1.165, 1.54) is 0 Å². The average molecular weight is 120 g/mol. The Morgan fingerprint density at radius 3 is 3.44 bits per heavy atom. The van der Waals surface area contributed by atoms with Crippen LogP contribution in [0.5, 0.6) is 0 Å². The molecule has 1 aliphatic heterocycles. The van der Waals surface area contributed by atoms with Crippen LogP contribution in [-0.2, 0) is 0 Å². The van der Waals surface area contributed by atoms with Crippen molar-refractivity contribution in [1.29, 1.82) is 0 Å². The summed E-state index contributed by atoms with van der Waals surface area (Å²) in [4.78, 5) is 8.04. The summed E-state index contributed by atoms with van der Waals surface area (Å²) in [7, 11) is 0. The highest BCUT2D eigenvalue weighted by atomic mass is 14.8. The summed E-state index contributed by atoms with van der Waals surface area (Å²) in [6, 6.07) is 0. The Kier molecular flexibility index (Phi) is 2.00. The zero-order valence-electron chi connectivity index (χ0n) is 5.33. The molecular formula is C7H8N2. The lowest BCUT2D eigenvalue weighted by atomic mass is 10.4. The highest BCUT2D eigenvalue weighted by Gasteiger charge is 1.84. The molecule has 0 N–H and O–H groups in total. The third-order valence-corrected chi connectivity index (χ3v) is 0.956. The smallest absolute Gasteiger partial charge is 0.0770 e. The van der Waals surface area contributed by atoms with Crippen molar-refractivity contribution < 1.29 is 0 Å². The Hall–Kier alpha value is -1.14. The lowest BCUT2D eigenvalue weighted by Gasteiger charge is -1.90. The van der Waals surface area contributed by atoms with E-state index >= 15 is 0 Å². The zero-order valence-corrected chi connectivity index (χ0v) is 5.33. The second-order valence-corrected chi connectivity index (χ2v) is 1.82. The normalized spacial score (nSPS) is 16.8. The van der Waals surface area contributed by atoms with Crippen LogP contribution in [0.4, 0.5) is 0 Å². The van der Waals surface area contributed by atoms with Crippen LogP contribution in [0.3, 0.4) is 0 Å². The van der Waals surface area contributed by atoms with Gasteiger partial charge in [-0.2, -0.15) is 0 Å². The Balaban J connectivity index is 2.81. The summed E-state index contributed by atoms with van der Waals surface area (Å²) in [6.07, 6.45) is 5.13. The molecule has 0 aromatic heterocycles. The second-order valence-electron chi connectivity index (χ2n) is 1.82. The maximum Gasteiger partial charge on any atom is 0.0770 e. The third kappa shape index (κ3) is 2.06. The van der Waals surface area contributed by atoms with Crippen LogP contribution in [0.1, 0.15) is 6.92 Å². The fraction of sp³-hybridized carbons (Fsp3) is 0.286. The summed E-state index contributed by atoms with van der Waals surface area (Å²) < 4.78 is 0. The Morgan fingerprint density at radius 2 is 2.56 bits per heavy atom. The fourth-order valence-electron chi connectivity index (χ4n) is 0.512. The molecule has 0 fully saturated rings. The van der Waals surface area contributed by atoms with E-state index in [9.17, 15) is 0 Å². The standard InChI is InChI=1S/C7H8N2/c1-7-6-8-4-2-3-5-9-7/h2,4-5H,6H2,1H3. The Bertz CT molecular complexity index is 205. The topological polar surface area (TPSA) is 24.7 Å². The predicted octanol–water partition coefficient (Wildman–Crippen LogP) is 1.20. The SMILES string of the molecule is CC1=NC=C=CC=NC1. The molecule has 0 spiro atoms. The van der Waals surface area contributed by atoms with Gasteiger partial charge in [0.25, 0.3) is 0 Å². The van der Waals surface area contributed by atoms with Crippen LogP contribution in [0.2, 0.25) is 0 Å². The van der Waals surface area contributed by atoms with Crippen LogP contribution < -0.4 is 0 Å². The van der Waals surface area contributed by atoms with Gasteiger partial charge in [-0.15, -0.1) is 0 Å². The van der Waals surface area contributed by atoms with Gasteiger partial charge in [0, 0.05) is 11.9 Å². The van der Waals surface area contributed by atoms with E-state index in [2.05, 4.69) is 15.7 Å². The first-order valence-electron chi connectivity index (χ1n) is 2.82. The monoisotopic (exact) mass is 120 g/mol. The molecule has 0 amide bonds. The summed E-state index contributed by atoms with van der Waals surface area (Å²) in [5, 5.41) is 0. The molecule has 0 aromatic carbocycles. The molecule has 0 atom stereocenters. The van der Waals surface area contributed by atoms with Gasteiger partial charge < -0.3 is 0 Å². The zero-order chi connectivity index (χ0) is 6.53. The lowest BCUT2D eigenvalue weighted by molar-refractivity contribution is 1.27. The number of nitrogens with zero attached hydrogens (tertiary/aromatic N) is 2. The molecular weight excluding hydrogens is 112 g/mol. The van der Waals surface area contributed by atoms with Gasteiger partial charge in [-0.3, -0.25) is 9.98 Å². The van der Waals surface area contributed by atoms with Crippen molar-refractivity contribution in [2.75, 3.05) is 6.54 Å². The van der Waals surface area contributed by atoms with Crippen LogP contribution in [0.25, 0.3) is 0 Å². The van der Waals surface area contributed by atoms with E-state index in [-0.39, 0.29) is 0 Å². The summed E-state index contributed by atoms with van der Waals surface area (Å²) >= 11 is 0. The maximum absolute atomic E-state index is 4.02. The van der Waals surface area contributed by atoms with Crippen molar-refractivity contribution in [2.45, 2.75) is 6.92 Å². The van der Waals surface area contributed by atoms with Gasteiger partial charge in [-0.25, -0.2) is 0 Å². The van der Waals surface area contributed by atoms with Crippen LogP contribution >= 0.6 is 0 Å². The number of allylic oxidation sites excluding steroid dienone is 1. The molecule has 1 rings (SSSR count). The van der Waals surface area contributed by atoms with E-state index in [0.29, 0.717) is 6.54 Å². The number of rotatable bonds is 0. The minimum Gasteiger partial charge on any atom is -0.287 e. The van der Waals surface area contributed by atoms with Crippen molar-refractivity contribution in [2.24, 2.45) is 9.98 Å². The van der Waals surface area contributed by atoms with Crippen molar-refractivity contribution in [3.05, 3.63) is 18.0 Å². The first-order chi connectivity index (χ1) is 4.39. The Labute approximate surface area is 54.3 Å². The van der Waals surface area contributed by atoms with Crippen molar-refractivity contribution in [1.82, 2.24) is 0 Å². The first kappa shape index (κ1) is 5.99. The highest BCUT2D eigenvalue weighted by molar-refractivity contribution is 5.86. The molecule has 0 aliphatic carbocycles. The molecule has 9 heavy (non-hydrogen) atoms. The van der Waals surface area contributed by atoms with Gasteiger partial charge in [0.2, 0.25) is 0 Å². The van der Waals surface area contributed by atoms with E-state index in [1.54, 1.807) is 18.5 Å². The van der Waals surface area contributed by atoms with Crippen molar-refractivity contribution >= 4 is 11.9 Å². The number of hydrogen-bond acceptors (Lipinski definition) is 2. The van der Waals surface area contributed by atoms with Gasteiger partial charge in [0.15, 0.2) is 0 Å². The fourth-order valence-corrected chi connectivity index (χ4v) is 0.512. The van der Waals surface area contributed by atoms with Gasteiger partial charge in [0.1, 0.15) is 0 Å². The summed E-state index contributed by atoms with van der Waals surface area (Å²) in [5.74, 6) is 0. The van der Waals surface area contributed by atoms with Crippen LogP contribution in [0, 0.1) is 0 Å². The molecule has 0 saturated carbocycles. The van der Waals surface area contributed by atoms with E-state index < -0.39 is 0 Å². The van der Waals surface area contributed by atoms with Crippen molar-refractivity contribution in [3.8, 4) is 0 Å². The number of aliphatic imine (C=N–C) groups is 2. The summed E-state index contributed by atoms with van der Waals surface area (Å²) in [6.45, 7) is 2.65. The molecule has 1 aliphatic rings. The molecule has 0 bridgehead atoms. The van der Waals surface area contributed by atoms with Gasteiger partial charge >= 0.3 is 0 Å². The minimum absolute atomic E-state index is 0.703. The van der Waals surface area contributed by atoms with Gasteiger partial charge in [-0.05, 0) is 13.0 Å². The molecule has 0 aromatic rings. The molecule has 46 valence electrons. The van der Waals surface area contributed by atoms with Gasteiger partial charge in [0.05, 0.1) is 12.7 Å². The Morgan fingerprint density at radius 1 is 1.67 bits per heavy atom. The molecule has 0 unspecified atom stereocenters. The van der Waals surface area contributed by atoms with Gasteiger partial charge in [-0.1, -0.05) is 5.73 Å².